The number of hydrogen-bond acceptors (Lipinski definition) is 1. The van der Waals surface area contributed by atoms with Gasteiger partial charge in [0.2, 0.25) is 0 Å². The Morgan fingerprint density at radius 2 is 2.00 bits per heavy atom. The largest absolute Gasteiger partial charge is 0.478 e. The van der Waals surface area contributed by atoms with Gasteiger partial charge in [0.1, 0.15) is 0 Å². The van der Waals surface area contributed by atoms with E-state index < -0.39 is 5.97 Å². The molecule has 0 aliphatic heterocycles. The number of rotatable bonds is 2. The summed E-state index contributed by atoms with van der Waals surface area (Å²) in [6.07, 6.45) is 3.67. The Morgan fingerprint density at radius 3 is 2.58 bits per heavy atom. The highest BCUT2D eigenvalue weighted by molar-refractivity contribution is 5.90. The molecule has 1 aromatic carbocycles. The second kappa shape index (κ2) is 4.84. The Labute approximate surface area is 115 Å². The first-order valence-electron chi connectivity index (χ1n) is 6.86. The minimum Gasteiger partial charge on any atom is -0.478 e. The van der Waals surface area contributed by atoms with Crippen LogP contribution in [0.5, 0.6) is 0 Å². The molecule has 0 bridgehead atoms. The maximum atomic E-state index is 11.5. The fourth-order valence-corrected chi connectivity index (χ4v) is 3.12. The molecule has 2 unspecified atom stereocenters. The van der Waals surface area contributed by atoms with E-state index in [1.54, 1.807) is 0 Å². The van der Waals surface area contributed by atoms with Crippen LogP contribution in [0.4, 0.5) is 0 Å². The van der Waals surface area contributed by atoms with Crippen LogP contribution in [-0.4, -0.2) is 11.1 Å². The molecule has 0 saturated carbocycles. The number of aryl methyl sites for hydroxylation is 2. The van der Waals surface area contributed by atoms with E-state index >= 15 is 0 Å². The first-order valence-corrected chi connectivity index (χ1v) is 6.86. The molecule has 1 N–H and O–H groups in total. The molecule has 2 nitrogen and oxygen atoms in total. The van der Waals surface area contributed by atoms with Crippen molar-refractivity contribution in [2.24, 2.45) is 5.92 Å². The van der Waals surface area contributed by atoms with Crippen molar-refractivity contribution in [2.75, 3.05) is 0 Å². The van der Waals surface area contributed by atoms with Gasteiger partial charge in [0, 0.05) is 11.0 Å². The van der Waals surface area contributed by atoms with Crippen molar-refractivity contribution in [2.45, 2.75) is 46.0 Å². The number of carboxylic acids is 1. The Morgan fingerprint density at radius 1 is 1.32 bits per heavy atom. The number of benzene rings is 1. The fourth-order valence-electron chi connectivity index (χ4n) is 3.12. The molecule has 0 spiro atoms. The summed E-state index contributed by atoms with van der Waals surface area (Å²) in [6, 6.07) is 6.32. The van der Waals surface area contributed by atoms with Gasteiger partial charge in [-0.15, -0.1) is 0 Å². The van der Waals surface area contributed by atoms with Crippen molar-refractivity contribution in [1.82, 2.24) is 0 Å². The Balaban J connectivity index is 2.54. The molecule has 1 aliphatic carbocycles. The molecule has 0 heterocycles. The normalized spacial score (nSPS) is 26.9. The first kappa shape index (κ1) is 13.9. The standard InChI is InChI=1S/C17H22O2/c1-11-5-8-15(16(18)19)17(4,10-11)14-7-6-12(2)13(3)9-14/h6-9,11H,5,10H2,1-4H3,(H,18,19). The SMILES string of the molecule is Cc1ccc(C2(C)CC(C)CC=C2C(=O)O)cc1C. The second-order valence-corrected chi connectivity index (χ2v) is 6.10. The first-order chi connectivity index (χ1) is 8.84. The van der Waals surface area contributed by atoms with Gasteiger partial charge in [0.25, 0.3) is 0 Å². The summed E-state index contributed by atoms with van der Waals surface area (Å²) in [6.45, 7) is 8.42. The van der Waals surface area contributed by atoms with Gasteiger partial charge in [-0.3, -0.25) is 0 Å². The maximum absolute atomic E-state index is 11.5. The van der Waals surface area contributed by atoms with Crippen molar-refractivity contribution in [3.05, 3.63) is 46.5 Å². The Bertz CT molecular complexity index is 542. The minimum atomic E-state index is -0.785. The van der Waals surface area contributed by atoms with Gasteiger partial charge in [-0.05, 0) is 49.3 Å². The van der Waals surface area contributed by atoms with Crippen LogP contribution in [0.25, 0.3) is 0 Å². The van der Waals surface area contributed by atoms with Crippen molar-refractivity contribution in [3.63, 3.8) is 0 Å². The van der Waals surface area contributed by atoms with Crippen LogP contribution >= 0.6 is 0 Å². The molecule has 0 saturated heterocycles. The number of aliphatic carboxylic acids is 1. The zero-order chi connectivity index (χ0) is 14.2. The van der Waals surface area contributed by atoms with E-state index in [-0.39, 0.29) is 5.41 Å². The van der Waals surface area contributed by atoms with Crippen LogP contribution in [0.15, 0.2) is 29.8 Å². The van der Waals surface area contributed by atoms with E-state index in [2.05, 4.69) is 45.9 Å². The quantitative estimate of drug-likeness (QED) is 0.870. The lowest BCUT2D eigenvalue weighted by Gasteiger charge is -2.37. The number of hydrogen-bond donors (Lipinski definition) is 1. The average Bonchev–Trinajstić information content (AvgIpc) is 2.31. The summed E-state index contributed by atoms with van der Waals surface area (Å²) in [7, 11) is 0. The minimum absolute atomic E-state index is 0.373. The fraction of sp³-hybridized carbons (Fsp3) is 0.471. The third-order valence-electron chi connectivity index (χ3n) is 4.45. The smallest absolute Gasteiger partial charge is 0.332 e. The van der Waals surface area contributed by atoms with Gasteiger partial charge in [0.15, 0.2) is 0 Å². The third-order valence-corrected chi connectivity index (χ3v) is 4.45. The molecule has 2 heteroatoms. The summed E-state index contributed by atoms with van der Waals surface area (Å²) >= 11 is 0. The molecule has 2 rings (SSSR count). The molecule has 0 aromatic heterocycles. The summed E-state index contributed by atoms with van der Waals surface area (Å²) in [5.41, 5.74) is 3.77. The van der Waals surface area contributed by atoms with Crippen molar-refractivity contribution in [1.29, 1.82) is 0 Å². The lowest BCUT2D eigenvalue weighted by atomic mass is 9.66. The molecule has 102 valence electrons. The topological polar surface area (TPSA) is 37.3 Å². The molecule has 0 fully saturated rings. The summed E-state index contributed by atoms with van der Waals surface area (Å²) in [5, 5.41) is 9.48. The van der Waals surface area contributed by atoms with E-state index in [0.717, 1.165) is 18.4 Å². The molecular formula is C17H22O2. The van der Waals surface area contributed by atoms with Gasteiger partial charge in [0.05, 0.1) is 0 Å². The predicted molar refractivity (Wildman–Crippen MR) is 77.4 cm³/mol. The highest BCUT2D eigenvalue weighted by atomic mass is 16.4. The van der Waals surface area contributed by atoms with Crippen molar-refractivity contribution in [3.8, 4) is 0 Å². The predicted octanol–water partition coefficient (Wildman–Crippen LogP) is 4.00. The van der Waals surface area contributed by atoms with Crippen LogP contribution in [0, 0.1) is 19.8 Å². The van der Waals surface area contributed by atoms with Crippen LogP contribution in [0.2, 0.25) is 0 Å². The van der Waals surface area contributed by atoms with Crippen molar-refractivity contribution >= 4 is 5.97 Å². The van der Waals surface area contributed by atoms with E-state index in [1.165, 1.54) is 11.1 Å². The van der Waals surface area contributed by atoms with Gasteiger partial charge >= 0.3 is 5.97 Å². The highest BCUT2D eigenvalue weighted by Crippen LogP contribution is 2.43. The lowest BCUT2D eigenvalue weighted by Crippen LogP contribution is -2.34. The zero-order valence-electron chi connectivity index (χ0n) is 12.2. The van der Waals surface area contributed by atoms with Crippen molar-refractivity contribution < 1.29 is 9.90 Å². The summed E-state index contributed by atoms with van der Waals surface area (Å²) in [5.74, 6) is -0.262. The molecule has 1 aromatic rings. The Hall–Kier alpha value is -1.57. The van der Waals surface area contributed by atoms with E-state index in [9.17, 15) is 9.90 Å². The molecule has 2 atom stereocenters. The third kappa shape index (κ3) is 2.44. The van der Waals surface area contributed by atoms with Crippen LogP contribution in [0.3, 0.4) is 0 Å². The van der Waals surface area contributed by atoms with Crippen LogP contribution in [-0.2, 0) is 10.2 Å². The molecular weight excluding hydrogens is 236 g/mol. The Kier molecular flexibility index (Phi) is 3.53. The number of carboxylic acid groups (broad SMARTS) is 1. The summed E-state index contributed by atoms with van der Waals surface area (Å²) < 4.78 is 0. The van der Waals surface area contributed by atoms with Gasteiger partial charge < -0.3 is 5.11 Å². The second-order valence-electron chi connectivity index (χ2n) is 6.10. The molecule has 1 aliphatic rings. The molecule has 0 amide bonds. The summed E-state index contributed by atoms with van der Waals surface area (Å²) in [4.78, 5) is 11.5. The van der Waals surface area contributed by atoms with Crippen LogP contribution in [0.1, 0.15) is 43.4 Å². The molecule has 0 radical (unpaired) electrons. The van der Waals surface area contributed by atoms with E-state index in [4.69, 9.17) is 0 Å². The number of allylic oxidation sites excluding steroid dienone is 1. The zero-order valence-corrected chi connectivity index (χ0v) is 12.2. The van der Waals surface area contributed by atoms with E-state index in [0.29, 0.717) is 11.5 Å². The molecule has 19 heavy (non-hydrogen) atoms. The van der Waals surface area contributed by atoms with Gasteiger partial charge in [-0.1, -0.05) is 38.1 Å². The maximum Gasteiger partial charge on any atom is 0.332 e. The average molecular weight is 258 g/mol. The lowest BCUT2D eigenvalue weighted by molar-refractivity contribution is -0.133. The van der Waals surface area contributed by atoms with Gasteiger partial charge in [-0.25, -0.2) is 4.79 Å². The monoisotopic (exact) mass is 258 g/mol. The highest BCUT2D eigenvalue weighted by Gasteiger charge is 2.38. The van der Waals surface area contributed by atoms with E-state index in [1.807, 2.05) is 6.08 Å². The van der Waals surface area contributed by atoms with Gasteiger partial charge in [-0.2, -0.15) is 0 Å². The van der Waals surface area contributed by atoms with Crippen LogP contribution < -0.4 is 0 Å². The number of carbonyl (C=O) groups is 1.